The fourth-order valence-corrected chi connectivity index (χ4v) is 1.81. The maximum atomic E-state index is 10.8. The number of nitro benzene ring substituents is 2. The lowest BCUT2D eigenvalue weighted by Crippen LogP contribution is -2.05. The zero-order valence-corrected chi connectivity index (χ0v) is 10.6. The molecule has 0 saturated heterocycles. The summed E-state index contributed by atoms with van der Waals surface area (Å²) in [4.78, 5) is 20.1. The second-order valence-electron chi connectivity index (χ2n) is 3.49. The molecule has 7 nitrogen and oxygen atoms in total. The molecule has 0 aliphatic heterocycles. The lowest BCUT2D eigenvalue weighted by Gasteiger charge is -2.06. The summed E-state index contributed by atoms with van der Waals surface area (Å²) < 4.78 is 0. The molecular formula is C10H13N3O4S. The van der Waals surface area contributed by atoms with Gasteiger partial charge in [-0.25, -0.2) is 0 Å². The number of thioether (sulfide) groups is 1. The lowest BCUT2D eigenvalue weighted by atomic mass is 10.2. The summed E-state index contributed by atoms with van der Waals surface area (Å²) in [5, 5.41) is 24.3. The Morgan fingerprint density at radius 2 is 2.00 bits per heavy atom. The van der Waals surface area contributed by atoms with Gasteiger partial charge in [0.1, 0.15) is 5.69 Å². The summed E-state index contributed by atoms with van der Waals surface area (Å²) in [6, 6.07) is 3.59. The van der Waals surface area contributed by atoms with E-state index in [1.807, 2.05) is 6.26 Å². The number of benzene rings is 1. The van der Waals surface area contributed by atoms with E-state index in [2.05, 4.69) is 5.32 Å². The molecule has 0 saturated carbocycles. The predicted octanol–water partition coefficient (Wildman–Crippen LogP) is 2.67. The van der Waals surface area contributed by atoms with Crippen LogP contribution in [0.2, 0.25) is 0 Å². The van der Waals surface area contributed by atoms with E-state index in [1.165, 1.54) is 12.1 Å². The van der Waals surface area contributed by atoms with E-state index < -0.39 is 9.85 Å². The van der Waals surface area contributed by atoms with Crippen LogP contribution >= 0.6 is 11.8 Å². The molecule has 0 amide bonds. The molecule has 98 valence electrons. The number of anilines is 1. The normalized spacial score (nSPS) is 10.1. The fraction of sp³-hybridized carbons (Fsp3) is 0.400. The Bertz CT molecular complexity index is 453. The molecule has 1 aromatic carbocycles. The Labute approximate surface area is 108 Å². The topological polar surface area (TPSA) is 98.3 Å². The van der Waals surface area contributed by atoms with Crippen molar-refractivity contribution in [2.45, 2.75) is 6.42 Å². The molecule has 1 rings (SSSR count). The smallest absolute Gasteiger partial charge is 0.299 e. The van der Waals surface area contributed by atoms with Gasteiger partial charge in [-0.05, 0) is 24.5 Å². The second-order valence-corrected chi connectivity index (χ2v) is 4.47. The van der Waals surface area contributed by atoms with Crippen molar-refractivity contribution in [1.82, 2.24) is 0 Å². The average molecular weight is 271 g/mol. The van der Waals surface area contributed by atoms with Gasteiger partial charge in [0, 0.05) is 12.6 Å². The van der Waals surface area contributed by atoms with Gasteiger partial charge in [-0.3, -0.25) is 20.2 Å². The van der Waals surface area contributed by atoms with E-state index in [1.54, 1.807) is 11.8 Å². The quantitative estimate of drug-likeness (QED) is 0.465. The van der Waals surface area contributed by atoms with Crippen LogP contribution in [-0.2, 0) is 0 Å². The van der Waals surface area contributed by atoms with E-state index >= 15 is 0 Å². The first kappa shape index (κ1) is 14.2. The lowest BCUT2D eigenvalue weighted by molar-refractivity contribution is -0.393. The van der Waals surface area contributed by atoms with Crippen LogP contribution in [0.3, 0.4) is 0 Å². The summed E-state index contributed by atoms with van der Waals surface area (Å²) in [6.45, 7) is 0.597. The molecule has 1 aromatic rings. The number of hydrogen-bond donors (Lipinski definition) is 1. The molecule has 0 fully saturated rings. The first-order valence-electron chi connectivity index (χ1n) is 5.22. The molecular weight excluding hydrogens is 258 g/mol. The molecule has 0 aliphatic rings. The van der Waals surface area contributed by atoms with E-state index in [0.717, 1.165) is 18.2 Å². The third-order valence-electron chi connectivity index (χ3n) is 2.23. The van der Waals surface area contributed by atoms with E-state index in [9.17, 15) is 20.2 Å². The Morgan fingerprint density at radius 1 is 1.28 bits per heavy atom. The average Bonchev–Trinajstić information content (AvgIpc) is 2.34. The van der Waals surface area contributed by atoms with E-state index in [4.69, 9.17) is 0 Å². The Hall–Kier alpha value is -1.83. The molecule has 0 aliphatic carbocycles. The number of nitrogens with zero attached hydrogens (tertiary/aromatic N) is 2. The first-order chi connectivity index (χ1) is 8.56. The van der Waals surface area contributed by atoms with Crippen molar-refractivity contribution in [2.24, 2.45) is 0 Å². The SMILES string of the molecule is CSCCCNc1ccc([N+](=O)[O-])cc1[N+](=O)[O-]. The van der Waals surface area contributed by atoms with Crippen molar-refractivity contribution in [3.63, 3.8) is 0 Å². The number of hydrogen-bond acceptors (Lipinski definition) is 6. The maximum Gasteiger partial charge on any atom is 0.299 e. The van der Waals surface area contributed by atoms with Gasteiger partial charge >= 0.3 is 0 Å². The highest BCUT2D eigenvalue weighted by Gasteiger charge is 2.18. The number of rotatable bonds is 7. The zero-order chi connectivity index (χ0) is 13.5. The van der Waals surface area contributed by atoms with E-state index in [0.29, 0.717) is 12.2 Å². The van der Waals surface area contributed by atoms with Gasteiger partial charge in [-0.15, -0.1) is 0 Å². The minimum Gasteiger partial charge on any atom is -0.379 e. The molecule has 18 heavy (non-hydrogen) atoms. The molecule has 0 bridgehead atoms. The molecule has 0 aromatic heterocycles. The molecule has 8 heteroatoms. The Morgan fingerprint density at radius 3 is 2.56 bits per heavy atom. The molecule has 1 N–H and O–H groups in total. The molecule has 0 atom stereocenters. The van der Waals surface area contributed by atoms with Crippen LogP contribution in [0.25, 0.3) is 0 Å². The maximum absolute atomic E-state index is 10.8. The van der Waals surface area contributed by atoms with Gasteiger partial charge in [0.25, 0.3) is 11.4 Å². The van der Waals surface area contributed by atoms with Crippen LogP contribution in [0.1, 0.15) is 6.42 Å². The highest BCUT2D eigenvalue weighted by Crippen LogP contribution is 2.28. The van der Waals surface area contributed by atoms with Crippen LogP contribution in [0, 0.1) is 20.2 Å². The largest absolute Gasteiger partial charge is 0.379 e. The van der Waals surface area contributed by atoms with Crippen molar-refractivity contribution < 1.29 is 9.85 Å². The minimum atomic E-state index is -0.648. The summed E-state index contributed by atoms with van der Waals surface area (Å²) in [6.07, 6.45) is 2.85. The highest BCUT2D eigenvalue weighted by atomic mass is 32.2. The predicted molar refractivity (Wildman–Crippen MR) is 71.2 cm³/mol. The highest BCUT2D eigenvalue weighted by molar-refractivity contribution is 7.98. The zero-order valence-electron chi connectivity index (χ0n) is 9.79. The minimum absolute atomic E-state index is 0.270. The molecule has 0 heterocycles. The third kappa shape index (κ3) is 3.88. The van der Waals surface area contributed by atoms with Crippen molar-refractivity contribution in [1.29, 1.82) is 0 Å². The van der Waals surface area contributed by atoms with Crippen LogP contribution in [-0.4, -0.2) is 28.4 Å². The van der Waals surface area contributed by atoms with Crippen molar-refractivity contribution in [2.75, 3.05) is 23.9 Å². The van der Waals surface area contributed by atoms with Gasteiger partial charge in [-0.2, -0.15) is 11.8 Å². The summed E-state index contributed by atoms with van der Waals surface area (Å²) >= 11 is 1.69. The Kier molecular flexibility index (Phi) is 5.37. The molecule has 0 spiro atoms. The standard InChI is InChI=1S/C10H13N3O4S/c1-18-6-2-5-11-9-4-3-8(12(14)15)7-10(9)13(16)17/h3-4,7,11H,2,5-6H2,1H3. The van der Waals surface area contributed by atoms with Crippen LogP contribution in [0.5, 0.6) is 0 Å². The Balaban J connectivity index is 2.83. The van der Waals surface area contributed by atoms with Gasteiger partial charge in [0.05, 0.1) is 15.9 Å². The van der Waals surface area contributed by atoms with Gasteiger partial charge in [0.15, 0.2) is 0 Å². The van der Waals surface area contributed by atoms with Gasteiger partial charge in [0.2, 0.25) is 0 Å². The van der Waals surface area contributed by atoms with E-state index in [-0.39, 0.29) is 11.4 Å². The van der Waals surface area contributed by atoms with Crippen molar-refractivity contribution >= 4 is 28.8 Å². The van der Waals surface area contributed by atoms with Crippen LogP contribution in [0.15, 0.2) is 18.2 Å². The summed E-state index contributed by atoms with van der Waals surface area (Å²) in [5.74, 6) is 0.952. The summed E-state index contributed by atoms with van der Waals surface area (Å²) in [5.41, 5.74) is -0.239. The molecule has 0 radical (unpaired) electrons. The van der Waals surface area contributed by atoms with Gasteiger partial charge < -0.3 is 5.32 Å². The van der Waals surface area contributed by atoms with Crippen LogP contribution < -0.4 is 5.32 Å². The van der Waals surface area contributed by atoms with Crippen LogP contribution in [0.4, 0.5) is 17.1 Å². The first-order valence-corrected chi connectivity index (χ1v) is 6.61. The fourth-order valence-electron chi connectivity index (χ4n) is 1.37. The second kappa shape index (κ2) is 6.80. The number of non-ortho nitro benzene ring substituents is 1. The van der Waals surface area contributed by atoms with Crippen molar-refractivity contribution in [3.05, 3.63) is 38.4 Å². The van der Waals surface area contributed by atoms with Crippen molar-refractivity contribution in [3.8, 4) is 0 Å². The summed E-state index contributed by atoms with van der Waals surface area (Å²) in [7, 11) is 0. The third-order valence-corrected chi connectivity index (χ3v) is 2.93. The number of nitrogens with one attached hydrogen (secondary N) is 1. The van der Waals surface area contributed by atoms with Gasteiger partial charge in [-0.1, -0.05) is 0 Å². The monoisotopic (exact) mass is 271 g/mol. The number of nitro groups is 2. The molecule has 0 unspecified atom stereocenters.